The number of nitriles is 1. The fourth-order valence-electron chi connectivity index (χ4n) is 4.11. The maximum absolute atomic E-state index is 10.8. The minimum Gasteiger partial charge on any atom is -0.496 e. The topological polar surface area (TPSA) is 42.2 Å². The van der Waals surface area contributed by atoms with Gasteiger partial charge in [0.15, 0.2) is 13.9 Å². The third-order valence-electron chi connectivity index (χ3n) is 6.83. The van der Waals surface area contributed by atoms with Gasteiger partial charge in [-0.1, -0.05) is 45.0 Å². The molecule has 3 nitrogen and oxygen atoms in total. The van der Waals surface area contributed by atoms with Crippen molar-refractivity contribution in [2.45, 2.75) is 64.8 Å². The molecular formula is C28H35NO2SSi. The lowest BCUT2D eigenvalue weighted by atomic mass is 9.82. The Balaban J connectivity index is 2.23. The van der Waals surface area contributed by atoms with Crippen LogP contribution in [0.25, 0.3) is 10.4 Å². The van der Waals surface area contributed by atoms with Crippen LogP contribution in [0, 0.1) is 25.2 Å². The highest BCUT2D eigenvalue weighted by atomic mass is 32.1. The first-order valence-electron chi connectivity index (χ1n) is 11.3. The van der Waals surface area contributed by atoms with Crippen molar-refractivity contribution in [3.8, 4) is 22.3 Å². The average molecular weight is 478 g/mol. The Bertz CT molecular complexity index is 1140. The summed E-state index contributed by atoms with van der Waals surface area (Å²) >= 11 is 1.71. The van der Waals surface area contributed by atoms with Gasteiger partial charge in [-0.25, -0.2) is 0 Å². The van der Waals surface area contributed by atoms with Crippen LogP contribution in [0.5, 0.6) is 5.75 Å². The summed E-state index contributed by atoms with van der Waals surface area (Å²) in [7, 11) is -0.613. The van der Waals surface area contributed by atoms with E-state index in [-0.39, 0.29) is 5.04 Å². The molecule has 1 aromatic heterocycles. The Morgan fingerprint density at radius 3 is 2.18 bits per heavy atom. The molecule has 2 aromatic carbocycles. The smallest absolute Gasteiger partial charge is 0.194 e. The molecule has 33 heavy (non-hydrogen) atoms. The van der Waals surface area contributed by atoms with Gasteiger partial charge >= 0.3 is 0 Å². The number of hydrogen-bond acceptors (Lipinski definition) is 4. The summed E-state index contributed by atoms with van der Waals surface area (Å²) in [6.45, 7) is 15.2. The summed E-state index contributed by atoms with van der Waals surface area (Å²) in [4.78, 5) is 1.19. The molecule has 0 saturated heterocycles. The van der Waals surface area contributed by atoms with Gasteiger partial charge in [-0.05, 0) is 83.9 Å². The molecule has 0 saturated carbocycles. The average Bonchev–Trinajstić information content (AvgIpc) is 3.27. The molecule has 0 aliphatic rings. The number of methoxy groups -OCH3 is 1. The van der Waals surface area contributed by atoms with Gasteiger partial charge in [0.2, 0.25) is 0 Å². The second kappa shape index (κ2) is 9.46. The van der Waals surface area contributed by atoms with E-state index in [1.165, 1.54) is 4.88 Å². The number of aryl methyl sites for hydroxylation is 2. The Morgan fingerprint density at radius 1 is 1.00 bits per heavy atom. The zero-order valence-electron chi connectivity index (χ0n) is 21.1. The lowest BCUT2D eigenvalue weighted by Gasteiger charge is -2.44. The standard InChI is InChI=1S/C28H35NO2SSi/c1-20-11-9-12-21(2)26(20)28(19-29,31-33(7,8)27(3,4)5)18-23-17-22(14-15-24(23)30-6)25-13-10-16-32-25/h9-17H,18H2,1-8H3. The number of benzene rings is 2. The molecule has 1 unspecified atom stereocenters. The van der Waals surface area contributed by atoms with E-state index < -0.39 is 13.9 Å². The SMILES string of the molecule is COc1ccc(-c2cccs2)cc1CC(C#N)(O[Si](C)(C)C(C)(C)C)c1c(C)cccc1C. The van der Waals surface area contributed by atoms with Crippen LogP contribution in [0.3, 0.4) is 0 Å². The van der Waals surface area contributed by atoms with Crippen LogP contribution in [-0.4, -0.2) is 15.4 Å². The lowest BCUT2D eigenvalue weighted by Crippen LogP contribution is -2.49. The van der Waals surface area contributed by atoms with Crippen molar-refractivity contribution in [1.29, 1.82) is 5.26 Å². The predicted octanol–water partition coefficient (Wildman–Crippen LogP) is 8.02. The van der Waals surface area contributed by atoms with Gasteiger partial charge in [0.25, 0.3) is 0 Å². The molecule has 0 spiro atoms. The van der Waals surface area contributed by atoms with Gasteiger partial charge in [-0.3, -0.25) is 0 Å². The molecule has 0 radical (unpaired) electrons. The molecule has 0 bridgehead atoms. The number of thiophene rings is 1. The summed E-state index contributed by atoms with van der Waals surface area (Å²) in [6.07, 6.45) is 0.421. The van der Waals surface area contributed by atoms with Crippen molar-refractivity contribution in [2.75, 3.05) is 7.11 Å². The summed E-state index contributed by atoms with van der Waals surface area (Å²) < 4.78 is 12.8. The van der Waals surface area contributed by atoms with Crippen molar-refractivity contribution in [2.24, 2.45) is 0 Å². The summed E-state index contributed by atoms with van der Waals surface area (Å²) in [5, 5.41) is 12.8. The summed E-state index contributed by atoms with van der Waals surface area (Å²) in [6, 6.07) is 19.2. The van der Waals surface area contributed by atoms with Crippen LogP contribution in [0.15, 0.2) is 53.9 Å². The third-order valence-corrected chi connectivity index (χ3v) is 12.2. The highest BCUT2D eigenvalue weighted by Gasteiger charge is 2.47. The zero-order valence-corrected chi connectivity index (χ0v) is 22.9. The first kappa shape index (κ1) is 25.2. The van der Waals surface area contributed by atoms with Crippen LogP contribution in [-0.2, 0) is 16.4 Å². The minimum absolute atomic E-state index is 0.0331. The maximum Gasteiger partial charge on any atom is 0.194 e. The Kier molecular flexibility index (Phi) is 7.23. The molecule has 174 valence electrons. The van der Waals surface area contributed by atoms with Gasteiger partial charge in [0.1, 0.15) is 11.8 Å². The Morgan fingerprint density at radius 2 is 1.67 bits per heavy atom. The third kappa shape index (κ3) is 5.09. The van der Waals surface area contributed by atoms with Crippen molar-refractivity contribution < 1.29 is 9.16 Å². The Labute approximate surface area is 204 Å². The fourth-order valence-corrected chi connectivity index (χ4v) is 6.24. The molecule has 5 heteroatoms. The first-order chi connectivity index (χ1) is 15.4. The van der Waals surface area contributed by atoms with Gasteiger partial charge in [0.05, 0.1) is 7.11 Å². The quantitative estimate of drug-likeness (QED) is 0.323. The number of ether oxygens (including phenoxy) is 1. The van der Waals surface area contributed by atoms with Crippen molar-refractivity contribution >= 4 is 19.7 Å². The second-order valence-electron chi connectivity index (χ2n) is 10.2. The number of hydrogen-bond donors (Lipinski definition) is 0. The van der Waals surface area contributed by atoms with Gasteiger partial charge in [-0.2, -0.15) is 5.26 Å². The van der Waals surface area contributed by atoms with Gasteiger partial charge in [0, 0.05) is 16.9 Å². The highest BCUT2D eigenvalue weighted by molar-refractivity contribution is 7.13. The van der Waals surface area contributed by atoms with E-state index in [9.17, 15) is 5.26 Å². The number of rotatable bonds is 7. The monoisotopic (exact) mass is 477 g/mol. The van der Waals surface area contributed by atoms with E-state index >= 15 is 0 Å². The maximum atomic E-state index is 10.8. The van der Waals surface area contributed by atoms with E-state index in [0.29, 0.717) is 6.42 Å². The van der Waals surface area contributed by atoms with Gasteiger partial charge in [-0.15, -0.1) is 11.3 Å². The van der Waals surface area contributed by atoms with Crippen molar-refractivity contribution in [3.05, 3.63) is 76.2 Å². The highest BCUT2D eigenvalue weighted by Crippen LogP contribution is 2.45. The second-order valence-corrected chi connectivity index (χ2v) is 15.9. The lowest BCUT2D eigenvalue weighted by molar-refractivity contribution is 0.107. The van der Waals surface area contributed by atoms with E-state index in [4.69, 9.17) is 9.16 Å². The molecule has 0 aliphatic heterocycles. The van der Waals surface area contributed by atoms with Crippen LogP contribution < -0.4 is 4.74 Å². The molecule has 0 N–H and O–H groups in total. The van der Waals surface area contributed by atoms with E-state index in [0.717, 1.165) is 33.6 Å². The number of nitrogens with zero attached hydrogens (tertiary/aromatic N) is 1. The van der Waals surface area contributed by atoms with Crippen LogP contribution >= 0.6 is 11.3 Å². The van der Waals surface area contributed by atoms with Crippen molar-refractivity contribution in [1.82, 2.24) is 0 Å². The minimum atomic E-state index is -2.30. The van der Waals surface area contributed by atoms with E-state index in [1.807, 2.05) is 12.1 Å². The Hall–Kier alpha value is -2.39. The summed E-state index contributed by atoms with van der Waals surface area (Å²) in [5.74, 6) is 0.778. The van der Waals surface area contributed by atoms with Crippen molar-refractivity contribution in [3.63, 3.8) is 0 Å². The predicted molar refractivity (Wildman–Crippen MR) is 141 cm³/mol. The molecular weight excluding hydrogens is 442 g/mol. The van der Waals surface area contributed by atoms with E-state index in [1.54, 1.807) is 18.4 Å². The normalized spacial score (nSPS) is 13.9. The molecule has 1 atom stereocenters. The van der Waals surface area contributed by atoms with Crippen LogP contribution in [0.1, 0.15) is 43.0 Å². The van der Waals surface area contributed by atoms with E-state index in [2.05, 4.69) is 95.6 Å². The van der Waals surface area contributed by atoms with Crippen LogP contribution in [0.2, 0.25) is 18.1 Å². The van der Waals surface area contributed by atoms with Gasteiger partial charge < -0.3 is 9.16 Å². The largest absolute Gasteiger partial charge is 0.496 e. The first-order valence-corrected chi connectivity index (χ1v) is 15.1. The molecule has 0 amide bonds. The van der Waals surface area contributed by atoms with Crippen LogP contribution in [0.4, 0.5) is 0 Å². The molecule has 1 heterocycles. The fraction of sp³-hybridized carbons (Fsp3) is 0.393. The molecule has 0 aliphatic carbocycles. The summed E-state index contributed by atoms with van der Waals surface area (Å²) in [5.41, 5.74) is 4.11. The molecule has 3 aromatic rings. The molecule has 0 fully saturated rings. The molecule has 3 rings (SSSR count). The zero-order chi connectivity index (χ0) is 24.4.